The van der Waals surface area contributed by atoms with Gasteiger partial charge in [0, 0.05) is 18.4 Å². The van der Waals surface area contributed by atoms with Gasteiger partial charge in [0.05, 0.1) is 30.1 Å². The van der Waals surface area contributed by atoms with Crippen LogP contribution in [0.15, 0.2) is 53.6 Å². The number of nitrogens with zero attached hydrogens (tertiary/aromatic N) is 2. The first kappa shape index (κ1) is 21.5. The minimum absolute atomic E-state index is 0.169. The van der Waals surface area contributed by atoms with E-state index in [1.54, 1.807) is 24.3 Å². The normalized spacial score (nSPS) is 16.3. The van der Waals surface area contributed by atoms with Crippen LogP contribution < -0.4 is 4.72 Å². The Morgan fingerprint density at radius 2 is 1.90 bits per heavy atom. The van der Waals surface area contributed by atoms with Crippen molar-refractivity contribution in [3.63, 3.8) is 0 Å². The molecule has 1 amide bonds. The summed E-state index contributed by atoms with van der Waals surface area (Å²) in [6.07, 6.45) is 0.993. The molecule has 0 saturated heterocycles. The zero-order chi connectivity index (χ0) is 21.9. The van der Waals surface area contributed by atoms with Gasteiger partial charge in [-0.2, -0.15) is 5.10 Å². The van der Waals surface area contributed by atoms with E-state index >= 15 is 0 Å². The lowest BCUT2D eigenvalue weighted by Crippen LogP contribution is -2.27. The second kappa shape index (κ2) is 8.66. The molecule has 3 rings (SSSR count). The molecule has 0 aliphatic carbocycles. The number of sulfonamides is 1. The van der Waals surface area contributed by atoms with Gasteiger partial charge in [0.25, 0.3) is 0 Å². The first-order valence-electron chi connectivity index (χ1n) is 9.39. The number of hydrazone groups is 1. The van der Waals surface area contributed by atoms with E-state index in [9.17, 15) is 18.0 Å². The number of amides is 1. The minimum Gasteiger partial charge on any atom is -0.481 e. The van der Waals surface area contributed by atoms with Gasteiger partial charge in [0.15, 0.2) is 0 Å². The predicted molar refractivity (Wildman–Crippen MR) is 114 cm³/mol. The summed E-state index contributed by atoms with van der Waals surface area (Å²) in [5, 5.41) is 14.7. The number of hydrogen-bond acceptors (Lipinski definition) is 5. The Kier molecular flexibility index (Phi) is 6.21. The number of nitrogens with one attached hydrogen (secondary N) is 1. The third-order valence-corrected chi connectivity index (χ3v) is 5.27. The summed E-state index contributed by atoms with van der Waals surface area (Å²) in [6, 6.07) is 14.1. The molecule has 1 atom stereocenters. The largest absolute Gasteiger partial charge is 0.481 e. The molecule has 1 aliphatic rings. The van der Waals surface area contributed by atoms with Crippen LogP contribution in [0.3, 0.4) is 0 Å². The van der Waals surface area contributed by atoms with Crippen molar-refractivity contribution >= 4 is 33.3 Å². The monoisotopic (exact) mass is 429 g/mol. The number of benzene rings is 2. The van der Waals surface area contributed by atoms with Gasteiger partial charge >= 0.3 is 5.97 Å². The Labute approximate surface area is 175 Å². The fourth-order valence-electron chi connectivity index (χ4n) is 3.39. The van der Waals surface area contributed by atoms with Crippen LogP contribution in [0.5, 0.6) is 0 Å². The standard InChI is InChI=1S/C21H23N3O5S/c1-14-6-5-7-15(12-14)19-13-18(22-24(19)20(25)10-11-21(26)27)16-8-3-4-9-17(16)23-30(2,28)29/h3-9,12,19,23H,10-11,13H2,1-2H3,(H,26,27)/t19-/m0/s1. The first-order valence-corrected chi connectivity index (χ1v) is 11.3. The topological polar surface area (TPSA) is 116 Å². The molecule has 0 spiro atoms. The number of aliphatic carboxylic acids is 1. The second-order valence-corrected chi connectivity index (χ2v) is 8.98. The van der Waals surface area contributed by atoms with E-state index in [-0.39, 0.29) is 12.8 Å². The van der Waals surface area contributed by atoms with Gasteiger partial charge in [-0.15, -0.1) is 0 Å². The third kappa shape index (κ3) is 5.24. The van der Waals surface area contributed by atoms with Gasteiger partial charge in [-0.1, -0.05) is 48.0 Å². The quantitative estimate of drug-likeness (QED) is 0.702. The maximum Gasteiger partial charge on any atom is 0.303 e. The van der Waals surface area contributed by atoms with Crippen LogP contribution in [0.2, 0.25) is 0 Å². The van der Waals surface area contributed by atoms with Crippen LogP contribution in [0.4, 0.5) is 5.69 Å². The van der Waals surface area contributed by atoms with Crippen LogP contribution in [0.25, 0.3) is 0 Å². The summed E-state index contributed by atoms with van der Waals surface area (Å²) < 4.78 is 26.0. The van der Waals surface area contributed by atoms with Gasteiger partial charge < -0.3 is 5.11 Å². The van der Waals surface area contributed by atoms with Crippen LogP contribution in [-0.4, -0.2) is 42.4 Å². The molecular weight excluding hydrogens is 406 g/mol. The highest BCUT2D eigenvalue weighted by molar-refractivity contribution is 7.92. The molecule has 0 radical (unpaired) electrons. The molecule has 0 aromatic heterocycles. The van der Waals surface area contributed by atoms with Crippen molar-refractivity contribution in [3.05, 3.63) is 65.2 Å². The SMILES string of the molecule is Cc1cccc([C@@H]2CC(c3ccccc3NS(C)(=O)=O)=NN2C(=O)CCC(=O)O)c1. The van der Waals surface area contributed by atoms with Gasteiger partial charge in [-0.3, -0.25) is 14.3 Å². The second-order valence-electron chi connectivity index (χ2n) is 7.23. The highest BCUT2D eigenvalue weighted by Gasteiger charge is 2.34. The number of anilines is 1. The molecule has 30 heavy (non-hydrogen) atoms. The molecule has 9 heteroatoms. The van der Waals surface area contributed by atoms with Crippen LogP contribution in [0.1, 0.15) is 42.0 Å². The zero-order valence-electron chi connectivity index (χ0n) is 16.7. The summed E-state index contributed by atoms with van der Waals surface area (Å²) in [5.41, 5.74) is 3.41. The maximum absolute atomic E-state index is 12.8. The number of carbonyl (C=O) groups excluding carboxylic acids is 1. The summed E-state index contributed by atoms with van der Waals surface area (Å²) in [4.78, 5) is 23.7. The summed E-state index contributed by atoms with van der Waals surface area (Å²) >= 11 is 0. The van der Waals surface area contributed by atoms with Crippen molar-refractivity contribution < 1.29 is 23.1 Å². The Morgan fingerprint density at radius 3 is 2.57 bits per heavy atom. The van der Waals surface area contributed by atoms with Crippen molar-refractivity contribution in [1.29, 1.82) is 0 Å². The van der Waals surface area contributed by atoms with E-state index < -0.39 is 27.9 Å². The average Bonchev–Trinajstić information content (AvgIpc) is 3.10. The first-order chi connectivity index (χ1) is 14.1. The number of aryl methyl sites for hydroxylation is 1. The fraction of sp³-hybridized carbons (Fsp3) is 0.286. The Bertz CT molecular complexity index is 1110. The summed E-state index contributed by atoms with van der Waals surface area (Å²) in [6.45, 7) is 1.95. The molecule has 0 unspecified atom stereocenters. The Morgan fingerprint density at radius 1 is 1.17 bits per heavy atom. The van der Waals surface area contributed by atoms with Crippen molar-refractivity contribution in [2.45, 2.75) is 32.2 Å². The van der Waals surface area contributed by atoms with Crippen LogP contribution in [-0.2, 0) is 19.6 Å². The molecule has 0 fully saturated rings. The fourth-order valence-corrected chi connectivity index (χ4v) is 3.97. The number of hydrogen-bond donors (Lipinski definition) is 2. The number of para-hydroxylation sites is 1. The molecule has 1 aliphatic heterocycles. The lowest BCUT2D eigenvalue weighted by molar-refractivity contribution is -0.141. The van der Waals surface area contributed by atoms with Crippen LogP contribution >= 0.6 is 0 Å². The molecule has 158 valence electrons. The summed E-state index contributed by atoms with van der Waals surface area (Å²) in [5.74, 6) is -1.45. The number of carbonyl (C=O) groups is 2. The van der Waals surface area contributed by atoms with Crippen LogP contribution in [0, 0.1) is 6.92 Å². The molecule has 0 bridgehead atoms. The Balaban J connectivity index is 1.99. The Hall–Kier alpha value is -3.20. The molecule has 2 aromatic carbocycles. The zero-order valence-corrected chi connectivity index (χ0v) is 17.5. The lowest BCUT2D eigenvalue weighted by atomic mass is 9.96. The van der Waals surface area contributed by atoms with Gasteiger partial charge in [-0.25, -0.2) is 13.4 Å². The summed E-state index contributed by atoms with van der Waals surface area (Å²) in [7, 11) is -3.50. The van der Waals surface area contributed by atoms with Gasteiger partial charge in [0.1, 0.15) is 0 Å². The smallest absolute Gasteiger partial charge is 0.303 e. The van der Waals surface area contributed by atoms with E-state index in [2.05, 4.69) is 9.82 Å². The van der Waals surface area contributed by atoms with E-state index in [4.69, 9.17) is 5.11 Å². The molecule has 2 aromatic rings. The third-order valence-electron chi connectivity index (χ3n) is 4.68. The predicted octanol–water partition coefficient (Wildman–Crippen LogP) is 2.91. The number of rotatable bonds is 7. The molecule has 8 nitrogen and oxygen atoms in total. The van der Waals surface area contributed by atoms with Crippen molar-refractivity contribution in [2.24, 2.45) is 5.10 Å². The van der Waals surface area contributed by atoms with Crippen molar-refractivity contribution in [1.82, 2.24) is 5.01 Å². The average molecular weight is 429 g/mol. The molecule has 1 heterocycles. The highest BCUT2D eigenvalue weighted by Crippen LogP contribution is 2.35. The number of carboxylic acid groups (broad SMARTS) is 1. The van der Waals surface area contributed by atoms with E-state index in [1.165, 1.54) is 5.01 Å². The lowest BCUT2D eigenvalue weighted by Gasteiger charge is -2.22. The molecular formula is C21H23N3O5S. The van der Waals surface area contributed by atoms with Gasteiger partial charge in [0.2, 0.25) is 15.9 Å². The highest BCUT2D eigenvalue weighted by atomic mass is 32.2. The molecule has 0 saturated carbocycles. The maximum atomic E-state index is 12.8. The minimum atomic E-state index is -3.50. The van der Waals surface area contributed by atoms with E-state index in [1.807, 2.05) is 31.2 Å². The van der Waals surface area contributed by atoms with E-state index in [0.717, 1.165) is 17.4 Å². The van der Waals surface area contributed by atoms with Crippen molar-refractivity contribution in [2.75, 3.05) is 11.0 Å². The number of carboxylic acids is 1. The van der Waals surface area contributed by atoms with Gasteiger partial charge in [-0.05, 0) is 18.6 Å². The molecule has 2 N–H and O–H groups in total. The van der Waals surface area contributed by atoms with Crippen molar-refractivity contribution in [3.8, 4) is 0 Å². The van der Waals surface area contributed by atoms with E-state index in [0.29, 0.717) is 23.4 Å².